The first-order chi connectivity index (χ1) is 12.9. The highest BCUT2D eigenvalue weighted by Gasteiger charge is 2.30. The Morgan fingerprint density at radius 3 is 2.70 bits per heavy atom. The molecule has 0 spiro atoms. The second-order valence-corrected chi connectivity index (χ2v) is 6.43. The number of amides is 1. The normalized spacial score (nSPS) is 15.0. The van der Waals surface area contributed by atoms with Crippen molar-refractivity contribution in [3.05, 3.63) is 39.7 Å². The van der Waals surface area contributed by atoms with E-state index in [2.05, 4.69) is 5.32 Å². The van der Waals surface area contributed by atoms with Crippen molar-refractivity contribution in [1.82, 2.24) is 9.88 Å². The minimum Gasteiger partial charge on any atom is -0.491 e. The molecular weight excluding hydrogens is 362 g/mol. The maximum Gasteiger partial charge on any atom is 0.256 e. The maximum atomic E-state index is 14.1. The number of nitrogens with zero attached hydrogens (tertiary/aromatic N) is 1. The van der Waals surface area contributed by atoms with Gasteiger partial charge < -0.3 is 24.5 Å². The number of benzene rings is 1. The number of fused-ring (bicyclic) bond motifs is 1. The van der Waals surface area contributed by atoms with Gasteiger partial charge in [0.2, 0.25) is 11.2 Å². The van der Waals surface area contributed by atoms with Crippen LogP contribution in [0.3, 0.4) is 0 Å². The third-order valence-electron chi connectivity index (χ3n) is 4.41. The van der Waals surface area contributed by atoms with Crippen LogP contribution < -0.4 is 15.5 Å². The molecule has 3 rings (SSSR count). The van der Waals surface area contributed by atoms with Crippen molar-refractivity contribution < 1.29 is 28.2 Å². The fourth-order valence-corrected chi connectivity index (χ4v) is 2.98. The molecule has 0 aliphatic heterocycles. The molecule has 1 aromatic carbocycles. The Morgan fingerprint density at radius 2 is 2.11 bits per heavy atom. The number of nitrogens with one attached hydrogen (secondary N) is 1. The van der Waals surface area contributed by atoms with Crippen LogP contribution in [0, 0.1) is 11.6 Å². The van der Waals surface area contributed by atoms with Gasteiger partial charge in [0.15, 0.2) is 11.6 Å². The SMILES string of the molecule is COC[C@H](O)CNC(=O)c1cn(C2CC2)c2c(OC)c(F)c(F)cc2c1=O. The number of pyridine rings is 1. The topological polar surface area (TPSA) is 89.8 Å². The molecule has 0 radical (unpaired) electrons. The van der Waals surface area contributed by atoms with Crippen LogP contribution in [0.15, 0.2) is 17.1 Å². The molecule has 1 aromatic heterocycles. The molecule has 1 saturated carbocycles. The fourth-order valence-electron chi connectivity index (χ4n) is 2.98. The summed E-state index contributed by atoms with van der Waals surface area (Å²) in [5.41, 5.74) is -0.829. The zero-order chi connectivity index (χ0) is 19.7. The summed E-state index contributed by atoms with van der Waals surface area (Å²) in [4.78, 5) is 25.2. The van der Waals surface area contributed by atoms with E-state index in [4.69, 9.17) is 9.47 Å². The van der Waals surface area contributed by atoms with Gasteiger partial charge >= 0.3 is 0 Å². The Morgan fingerprint density at radius 1 is 1.41 bits per heavy atom. The van der Waals surface area contributed by atoms with Crippen molar-refractivity contribution in [3.63, 3.8) is 0 Å². The third-order valence-corrected chi connectivity index (χ3v) is 4.41. The van der Waals surface area contributed by atoms with Gasteiger partial charge in [0.05, 0.1) is 30.7 Å². The highest BCUT2D eigenvalue weighted by Crippen LogP contribution is 2.40. The minimum atomic E-state index is -1.23. The summed E-state index contributed by atoms with van der Waals surface area (Å²) in [5, 5.41) is 12.0. The molecule has 0 bridgehead atoms. The molecule has 2 aromatic rings. The molecule has 1 amide bonds. The zero-order valence-corrected chi connectivity index (χ0v) is 14.9. The van der Waals surface area contributed by atoms with Crippen molar-refractivity contribution >= 4 is 16.8 Å². The van der Waals surface area contributed by atoms with Crippen molar-refractivity contribution in [2.45, 2.75) is 25.0 Å². The van der Waals surface area contributed by atoms with E-state index >= 15 is 0 Å². The molecule has 1 aliphatic carbocycles. The Kier molecular flexibility index (Phi) is 5.43. The molecule has 1 fully saturated rings. The monoisotopic (exact) mass is 382 g/mol. The van der Waals surface area contributed by atoms with Gasteiger partial charge in [-0.1, -0.05) is 0 Å². The van der Waals surface area contributed by atoms with Gasteiger partial charge in [0.25, 0.3) is 5.91 Å². The zero-order valence-electron chi connectivity index (χ0n) is 14.9. The van der Waals surface area contributed by atoms with E-state index in [1.807, 2.05) is 0 Å². The Balaban J connectivity index is 2.10. The lowest BCUT2D eigenvalue weighted by Crippen LogP contribution is -2.37. The van der Waals surface area contributed by atoms with E-state index in [1.54, 1.807) is 4.57 Å². The molecule has 1 heterocycles. The lowest BCUT2D eigenvalue weighted by Gasteiger charge is -2.17. The number of halogens is 2. The van der Waals surface area contributed by atoms with Crippen molar-refractivity contribution in [3.8, 4) is 5.75 Å². The van der Waals surface area contributed by atoms with Crippen LogP contribution in [0.2, 0.25) is 0 Å². The maximum absolute atomic E-state index is 14.1. The molecular formula is C18H20F2N2O5. The van der Waals surface area contributed by atoms with Crippen LogP contribution in [0.25, 0.3) is 10.9 Å². The van der Waals surface area contributed by atoms with E-state index in [0.29, 0.717) is 0 Å². The number of aliphatic hydroxyl groups is 1. The van der Waals surface area contributed by atoms with Crippen LogP contribution in [0.4, 0.5) is 8.78 Å². The number of rotatable bonds is 7. The molecule has 1 atom stereocenters. The van der Waals surface area contributed by atoms with E-state index in [-0.39, 0.29) is 41.4 Å². The largest absolute Gasteiger partial charge is 0.491 e. The van der Waals surface area contributed by atoms with Crippen LogP contribution in [0.1, 0.15) is 29.2 Å². The average molecular weight is 382 g/mol. The van der Waals surface area contributed by atoms with Crippen molar-refractivity contribution in [1.29, 1.82) is 0 Å². The molecule has 2 N–H and O–H groups in total. The van der Waals surface area contributed by atoms with E-state index in [0.717, 1.165) is 18.9 Å². The van der Waals surface area contributed by atoms with Gasteiger partial charge in [-0.15, -0.1) is 0 Å². The number of aromatic nitrogens is 1. The van der Waals surface area contributed by atoms with Crippen molar-refractivity contribution in [2.24, 2.45) is 0 Å². The lowest BCUT2D eigenvalue weighted by atomic mass is 10.1. The van der Waals surface area contributed by atoms with Gasteiger partial charge in [-0.3, -0.25) is 9.59 Å². The summed E-state index contributed by atoms with van der Waals surface area (Å²) in [5.74, 6) is -3.49. The highest BCUT2D eigenvalue weighted by molar-refractivity contribution is 5.98. The highest BCUT2D eigenvalue weighted by atomic mass is 19.2. The van der Waals surface area contributed by atoms with Gasteiger partial charge in [-0.05, 0) is 18.9 Å². The molecule has 146 valence electrons. The number of aliphatic hydroxyl groups excluding tert-OH is 1. The summed E-state index contributed by atoms with van der Waals surface area (Å²) >= 11 is 0. The van der Waals surface area contributed by atoms with E-state index < -0.39 is 29.1 Å². The summed E-state index contributed by atoms with van der Waals surface area (Å²) < 4.78 is 39.4. The first-order valence-electron chi connectivity index (χ1n) is 8.45. The van der Waals surface area contributed by atoms with Crippen LogP contribution in [0.5, 0.6) is 5.75 Å². The minimum absolute atomic E-state index is 0.0198. The second-order valence-electron chi connectivity index (χ2n) is 6.43. The standard InChI is InChI=1S/C18H20F2N2O5/c1-26-8-10(23)6-21-18(25)12-7-22(9-3-4-9)15-11(16(12)24)5-13(19)14(20)17(15)27-2/h5,7,9-10,23H,3-4,6,8H2,1-2H3,(H,21,25)/t10-/m1/s1. The second kappa shape index (κ2) is 7.61. The van der Waals surface area contributed by atoms with Gasteiger partial charge in [0.1, 0.15) is 5.56 Å². The Hall–Kier alpha value is -2.52. The number of methoxy groups -OCH3 is 2. The number of ether oxygens (including phenoxy) is 2. The summed E-state index contributed by atoms with van der Waals surface area (Å²) in [6, 6.07) is 0.753. The van der Waals surface area contributed by atoms with Crippen LogP contribution in [-0.2, 0) is 4.74 Å². The third kappa shape index (κ3) is 3.65. The Bertz CT molecular complexity index is 940. The molecule has 7 nitrogen and oxygen atoms in total. The molecule has 0 saturated heterocycles. The van der Waals surface area contributed by atoms with Crippen molar-refractivity contribution in [2.75, 3.05) is 27.4 Å². The summed E-state index contributed by atoms with van der Waals surface area (Å²) in [7, 11) is 2.60. The first kappa shape index (κ1) is 19.2. The fraction of sp³-hybridized carbons (Fsp3) is 0.444. The lowest BCUT2D eigenvalue weighted by molar-refractivity contribution is 0.0609. The van der Waals surface area contributed by atoms with Gasteiger partial charge in [-0.25, -0.2) is 4.39 Å². The quantitative estimate of drug-likeness (QED) is 0.755. The Labute approximate surface area is 153 Å². The predicted octanol–water partition coefficient (Wildman–Crippen LogP) is 1.36. The van der Waals surface area contributed by atoms with E-state index in [1.165, 1.54) is 20.4 Å². The molecule has 9 heteroatoms. The molecule has 0 unspecified atom stereocenters. The number of hydrogen-bond acceptors (Lipinski definition) is 5. The van der Waals surface area contributed by atoms with Gasteiger partial charge in [0, 0.05) is 25.9 Å². The summed E-state index contributed by atoms with van der Waals surface area (Å²) in [6.45, 7) is -0.0966. The molecule has 1 aliphatic rings. The number of hydrogen-bond donors (Lipinski definition) is 2. The predicted molar refractivity (Wildman–Crippen MR) is 93.2 cm³/mol. The molecule has 27 heavy (non-hydrogen) atoms. The number of carbonyl (C=O) groups is 1. The average Bonchev–Trinajstić information content (AvgIpc) is 3.47. The first-order valence-corrected chi connectivity index (χ1v) is 8.45. The van der Waals surface area contributed by atoms with Gasteiger partial charge in [-0.2, -0.15) is 4.39 Å². The van der Waals surface area contributed by atoms with Crippen LogP contribution >= 0.6 is 0 Å². The van der Waals surface area contributed by atoms with Crippen LogP contribution in [-0.4, -0.2) is 49.1 Å². The number of carbonyl (C=O) groups excluding carboxylic acids is 1. The van der Waals surface area contributed by atoms with E-state index in [9.17, 15) is 23.5 Å². The summed E-state index contributed by atoms with van der Waals surface area (Å²) in [6.07, 6.45) is 1.97. The smallest absolute Gasteiger partial charge is 0.256 e.